The zero-order chi connectivity index (χ0) is 21.6. The predicted molar refractivity (Wildman–Crippen MR) is 124 cm³/mol. The van der Waals surface area contributed by atoms with E-state index in [1.165, 1.54) is 29.5 Å². The monoisotopic (exact) mass is 443 g/mol. The number of carbonyl (C=O) groups excluding carboxylic acids is 1. The van der Waals surface area contributed by atoms with Crippen molar-refractivity contribution in [1.29, 1.82) is 0 Å². The molecule has 0 aliphatic carbocycles. The molecule has 0 unspecified atom stereocenters. The minimum absolute atomic E-state index is 0.0582. The first kappa shape index (κ1) is 20.9. The third kappa shape index (κ3) is 3.98. The van der Waals surface area contributed by atoms with Gasteiger partial charge in [-0.2, -0.15) is 0 Å². The van der Waals surface area contributed by atoms with Gasteiger partial charge in [0.2, 0.25) is 0 Å². The number of amides is 1. The fourth-order valence-corrected chi connectivity index (χ4v) is 5.01. The topological polar surface area (TPSA) is 44.7 Å². The van der Waals surface area contributed by atoms with Crippen LogP contribution in [0.3, 0.4) is 0 Å². The van der Waals surface area contributed by atoms with Crippen LogP contribution in [0.5, 0.6) is 0 Å². The van der Waals surface area contributed by atoms with Crippen LogP contribution in [0.1, 0.15) is 44.2 Å². The van der Waals surface area contributed by atoms with Crippen molar-refractivity contribution in [1.82, 2.24) is 5.32 Å². The van der Waals surface area contributed by atoms with E-state index in [1.807, 2.05) is 12.1 Å². The van der Waals surface area contributed by atoms with Gasteiger partial charge in [0.25, 0.3) is 5.91 Å². The minimum Gasteiger partial charge on any atom is -0.369 e. The molecule has 30 heavy (non-hydrogen) atoms. The van der Waals surface area contributed by atoms with Crippen molar-refractivity contribution >= 4 is 51.9 Å². The van der Waals surface area contributed by atoms with Crippen LogP contribution in [-0.2, 0) is 4.79 Å². The van der Waals surface area contributed by atoms with E-state index in [-0.39, 0.29) is 17.3 Å². The summed E-state index contributed by atoms with van der Waals surface area (Å²) >= 11 is 7.84. The van der Waals surface area contributed by atoms with Gasteiger partial charge in [-0.05, 0) is 91.5 Å². The Labute approximate surface area is 185 Å². The molecule has 0 spiro atoms. The maximum atomic E-state index is 13.1. The lowest BCUT2D eigenvalue weighted by Crippen LogP contribution is -2.45. The molecule has 2 aliphatic rings. The Balaban J connectivity index is 1.64. The van der Waals surface area contributed by atoms with Crippen LogP contribution in [0.15, 0.2) is 46.3 Å². The Morgan fingerprint density at radius 2 is 2.00 bits per heavy atom. The number of benzene rings is 2. The Morgan fingerprint density at radius 1 is 1.30 bits per heavy atom. The van der Waals surface area contributed by atoms with Crippen LogP contribution in [0.2, 0.25) is 5.02 Å². The molecule has 4 rings (SSSR count). The fraction of sp³-hybridized carbons (Fsp3) is 0.304. The Hall–Kier alpha value is -2.31. The summed E-state index contributed by atoms with van der Waals surface area (Å²) in [5.74, 6) is -0.157. The highest BCUT2D eigenvalue weighted by atomic mass is 35.5. The normalized spacial score (nSPS) is 23.1. The molecule has 0 aromatic heterocycles. The Morgan fingerprint density at radius 3 is 2.70 bits per heavy atom. The van der Waals surface area contributed by atoms with Gasteiger partial charge in [0, 0.05) is 23.3 Å². The van der Waals surface area contributed by atoms with Gasteiger partial charge in [0.1, 0.15) is 5.82 Å². The smallest absolute Gasteiger partial charge is 0.264 e. The van der Waals surface area contributed by atoms with Gasteiger partial charge in [-0.25, -0.2) is 9.38 Å². The molecule has 0 radical (unpaired) electrons. The summed E-state index contributed by atoms with van der Waals surface area (Å²) in [6.07, 6.45) is 2.85. The molecule has 2 aliphatic heterocycles. The van der Waals surface area contributed by atoms with E-state index in [9.17, 15) is 9.18 Å². The molecule has 4 nitrogen and oxygen atoms in total. The molecule has 1 N–H and O–H groups in total. The summed E-state index contributed by atoms with van der Waals surface area (Å²) in [4.78, 5) is 19.6. The van der Waals surface area contributed by atoms with Crippen LogP contribution in [0, 0.1) is 5.82 Å². The molecule has 156 valence electrons. The van der Waals surface area contributed by atoms with E-state index in [0.29, 0.717) is 26.7 Å². The van der Waals surface area contributed by atoms with Crippen molar-refractivity contribution in [2.75, 3.05) is 11.9 Å². The van der Waals surface area contributed by atoms with E-state index >= 15 is 0 Å². The zero-order valence-electron chi connectivity index (χ0n) is 17.3. The molecule has 1 atom stereocenters. The summed E-state index contributed by atoms with van der Waals surface area (Å²) in [6.45, 7) is 6.69. The second-order valence-electron chi connectivity index (χ2n) is 8.37. The van der Waals surface area contributed by atoms with E-state index < -0.39 is 0 Å². The summed E-state index contributed by atoms with van der Waals surface area (Å²) < 4.78 is 13.1. The SMILES string of the molecule is C[C@H]1CC(C)(C)N(C)c2cc(Cl)c(/C=C3\SC(=Nc4ccc(F)cc4)NC3=O)cc21. The van der Waals surface area contributed by atoms with Crippen molar-refractivity contribution in [3.05, 3.63) is 63.3 Å². The largest absolute Gasteiger partial charge is 0.369 e. The minimum atomic E-state index is -0.326. The molecular formula is C23H23ClFN3OS. The van der Waals surface area contributed by atoms with Crippen molar-refractivity contribution in [3.8, 4) is 0 Å². The fourth-order valence-electron chi connectivity index (χ4n) is 3.97. The number of rotatable bonds is 2. The van der Waals surface area contributed by atoms with Gasteiger partial charge in [0.05, 0.1) is 10.6 Å². The van der Waals surface area contributed by atoms with Crippen LogP contribution >= 0.6 is 23.4 Å². The van der Waals surface area contributed by atoms with Crippen molar-refractivity contribution in [3.63, 3.8) is 0 Å². The van der Waals surface area contributed by atoms with Crippen LogP contribution in [0.4, 0.5) is 15.8 Å². The molecule has 0 saturated carbocycles. The van der Waals surface area contributed by atoms with E-state index in [0.717, 1.165) is 17.7 Å². The second-order valence-corrected chi connectivity index (χ2v) is 9.81. The summed E-state index contributed by atoms with van der Waals surface area (Å²) in [6, 6.07) is 9.89. The average molecular weight is 444 g/mol. The lowest BCUT2D eigenvalue weighted by Gasteiger charge is -2.45. The van der Waals surface area contributed by atoms with Gasteiger partial charge in [0.15, 0.2) is 5.17 Å². The van der Waals surface area contributed by atoms with E-state index in [4.69, 9.17) is 11.6 Å². The third-order valence-corrected chi connectivity index (χ3v) is 6.98. The first-order valence-corrected chi connectivity index (χ1v) is 11.0. The molecule has 7 heteroatoms. The van der Waals surface area contributed by atoms with Crippen LogP contribution < -0.4 is 10.2 Å². The molecule has 2 aromatic rings. The van der Waals surface area contributed by atoms with Gasteiger partial charge in [-0.1, -0.05) is 18.5 Å². The number of carbonyl (C=O) groups is 1. The van der Waals surface area contributed by atoms with Crippen LogP contribution in [0.25, 0.3) is 6.08 Å². The van der Waals surface area contributed by atoms with Gasteiger partial charge in [-0.15, -0.1) is 0 Å². The Kier molecular flexibility index (Phi) is 5.41. The van der Waals surface area contributed by atoms with Crippen molar-refractivity contribution in [2.45, 2.75) is 38.6 Å². The molecule has 1 saturated heterocycles. The standard InChI is InChI=1S/C23H23ClFN3OS/c1-13-12-23(2,3)28(4)19-11-18(24)14(9-17(13)19)10-20-21(29)27-22(30-20)26-16-7-5-15(25)6-8-16/h5-11,13H,12H2,1-4H3,(H,26,27,29)/b20-10-/t13-/m0/s1. The predicted octanol–water partition coefficient (Wildman–Crippen LogP) is 6.09. The highest BCUT2D eigenvalue weighted by molar-refractivity contribution is 8.18. The molecule has 1 fully saturated rings. The molecular weight excluding hydrogens is 421 g/mol. The first-order valence-electron chi connectivity index (χ1n) is 9.76. The number of thioether (sulfide) groups is 1. The van der Waals surface area contributed by atoms with Gasteiger partial charge >= 0.3 is 0 Å². The quantitative estimate of drug-likeness (QED) is 0.571. The third-order valence-electron chi connectivity index (χ3n) is 5.75. The molecule has 2 heterocycles. The number of nitrogens with one attached hydrogen (secondary N) is 1. The number of halogens is 2. The van der Waals surface area contributed by atoms with Gasteiger partial charge < -0.3 is 10.2 Å². The molecule has 0 bridgehead atoms. The summed E-state index contributed by atoms with van der Waals surface area (Å²) in [5.41, 5.74) is 3.82. The van der Waals surface area contributed by atoms with Gasteiger partial charge in [-0.3, -0.25) is 4.79 Å². The highest BCUT2D eigenvalue weighted by Gasteiger charge is 2.34. The average Bonchev–Trinajstić information content (AvgIpc) is 3.01. The van der Waals surface area contributed by atoms with E-state index in [2.05, 4.69) is 49.1 Å². The first-order chi connectivity index (χ1) is 14.1. The maximum absolute atomic E-state index is 13.1. The number of anilines is 1. The lowest BCUT2D eigenvalue weighted by atomic mass is 9.80. The number of fused-ring (bicyclic) bond motifs is 1. The lowest BCUT2D eigenvalue weighted by molar-refractivity contribution is -0.115. The summed E-state index contributed by atoms with van der Waals surface area (Å²) in [5, 5.41) is 3.82. The van der Waals surface area contributed by atoms with E-state index in [1.54, 1.807) is 12.1 Å². The van der Waals surface area contributed by atoms with Crippen LogP contribution in [-0.4, -0.2) is 23.7 Å². The van der Waals surface area contributed by atoms with Crippen molar-refractivity contribution < 1.29 is 9.18 Å². The number of aliphatic imine (C=N–C) groups is 1. The number of hydrogen-bond donors (Lipinski definition) is 1. The summed E-state index contributed by atoms with van der Waals surface area (Å²) in [7, 11) is 2.09. The number of hydrogen-bond acceptors (Lipinski definition) is 4. The molecule has 1 amide bonds. The number of nitrogens with zero attached hydrogens (tertiary/aromatic N) is 2. The highest BCUT2D eigenvalue weighted by Crippen LogP contribution is 2.45. The zero-order valence-corrected chi connectivity index (χ0v) is 18.9. The second kappa shape index (κ2) is 7.75. The Bertz CT molecular complexity index is 1080. The molecule has 2 aromatic carbocycles. The van der Waals surface area contributed by atoms with Crippen molar-refractivity contribution in [2.24, 2.45) is 4.99 Å². The number of amidine groups is 1. The maximum Gasteiger partial charge on any atom is 0.264 e.